The van der Waals surface area contributed by atoms with Crippen LogP contribution in [0.4, 0.5) is 5.69 Å². The first-order valence-corrected chi connectivity index (χ1v) is 8.63. The van der Waals surface area contributed by atoms with Crippen LogP contribution in [0.1, 0.15) is 24.2 Å². The maximum absolute atomic E-state index is 12.0. The molecule has 0 spiro atoms. The first-order valence-electron chi connectivity index (χ1n) is 6.12. The summed E-state index contributed by atoms with van der Waals surface area (Å²) in [4.78, 5) is 25.1. The van der Waals surface area contributed by atoms with Crippen LogP contribution >= 0.6 is 15.9 Å². The van der Waals surface area contributed by atoms with E-state index < -0.39 is 26.8 Å². The van der Waals surface area contributed by atoms with E-state index in [-0.39, 0.29) is 12.3 Å². The van der Waals surface area contributed by atoms with Gasteiger partial charge in [-0.2, -0.15) is 0 Å². The van der Waals surface area contributed by atoms with Crippen molar-refractivity contribution in [3.05, 3.63) is 28.2 Å². The number of nitrogens with zero attached hydrogens (tertiary/aromatic N) is 1. The third-order valence-electron chi connectivity index (χ3n) is 3.26. The zero-order valence-corrected chi connectivity index (χ0v) is 13.5. The summed E-state index contributed by atoms with van der Waals surface area (Å²) >= 11 is 3.30. The Labute approximate surface area is 126 Å². The van der Waals surface area contributed by atoms with Crippen LogP contribution in [-0.2, 0) is 14.6 Å². The van der Waals surface area contributed by atoms with Gasteiger partial charge in [-0.3, -0.25) is 9.59 Å². The van der Waals surface area contributed by atoms with Gasteiger partial charge in [0.25, 0.3) is 11.7 Å². The number of carbonyl (C=O) groups excluding carboxylic acids is 2. The van der Waals surface area contributed by atoms with Gasteiger partial charge in [0.05, 0.1) is 22.3 Å². The van der Waals surface area contributed by atoms with Crippen molar-refractivity contribution in [3.8, 4) is 0 Å². The lowest BCUT2D eigenvalue weighted by atomic mass is 10.1. The fourth-order valence-corrected chi connectivity index (χ4v) is 3.47. The average molecular weight is 360 g/mol. The van der Waals surface area contributed by atoms with Crippen LogP contribution in [0.5, 0.6) is 0 Å². The second kappa shape index (κ2) is 5.29. The van der Waals surface area contributed by atoms with Gasteiger partial charge < -0.3 is 4.90 Å². The van der Waals surface area contributed by atoms with Gasteiger partial charge in [0, 0.05) is 11.0 Å². The van der Waals surface area contributed by atoms with Crippen molar-refractivity contribution in [3.63, 3.8) is 0 Å². The Balaban J connectivity index is 2.32. The van der Waals surface area contributed by atoms with E-state index in [4.69, 9.17) is 0 Å². The lowest BCUT2D eigenvalue weighted by Gasteiger charge is -2.18. The molecule has 0 bridgehead atoms. The second-order valence-corrected chi connectivity index (χ2v) is 8.37. The molecule has 0 aromatic heterocycles. The van der Waals surface area contributed by atoms with Crippen LogP contribution in [0, 0.1) is 0 Å². The number of ketones is 1. The minimum Gasteiger partial charge on any atom is -0.303 e. The number of hydrogen-bond donors (Lipinski definition) is 0. The summed E-state index contributed by atoms with van der Waals surface area (Å²) in [7, 11) is -3.26. The average Bonchev–Trinajstić information content (AvgIpc) is 2.62. The molecule has 7 heteroatoms. The summed E-state index contributed by atoms with van der Waals surface area (Å²) < 4.78 is 24.3. The SMILES string of the molecule is CC(C)S(=O)(=O)CCN1C(=O)C(=O)c2cccc(Br)c21. The number of Topliss-reactive ketones (excluding diaryl/α,β-unsaturated/α-hetero) is 1. The fourth-order valence-electron chi connectivity index (χ4n) is 1.98. The molecule has 2 rings (SSSR count). The van der Waals surface area contributed by atoms with Gasteiger partial charge in [0.1, 0.15) is 0 Å². The third kappa shape index (κ3) is 2.52. The maximum atomic E-state index is 12.0. The minimum absolute atomic E-state index is 0.0132. The molecule has 1 amide bonds. The molecule has 1 aliphatic rings. The summed E-state index contributed by atoms with van der Waals surface area (Å²) in [5.41, 5.74) is 0.771. The highest BCUT2D eigenvalue weighted by atomic mass is 79.9. The van der Waals surface area contributed by atoms with E-state index in [0.29, 0.717) is 15.7 Å². The van der Waals surface area contributed by atoms with Gasteiger partial charge in [0.2, 0.25) is 0 Å². The van der Waals surface area contributed by atoms with Crippen LogP contribution in [0.3, 0.4) is 0 Å². The Morgan fingerprint density at radius 2 is 1.90 bits per heavy atom. The summed E-state index contributed by atoms with van der Waals surface area (Å²) in [5.74, 6) is -1.43. The van der Waals surface area contributed by atoms with Crippen molar-refractivity contribution < 1.29 is 18.0 Å². The van der Waals surface area contributed by atoms with Crippen LogP contribution < -0.4 is 4.90 Å². The van der Waals surface area contributed by atoms with Crippen LogP contribution in [0.2, 0.25) is 0 Å². The third-order valence-corrected chi connectivity index (χ3v) is 6.09. The summed E-state index contributed by atoms with van der Waals surface area (Å²) in [5, 5.41) is -0.505. The van der Waals surface area contributed by atoms with Crippen molar-refractivity contribution in [1.82, 2.24) is 0 Å². The molecule has 0 unspecified atom stereocenters. The molecule has 0 atom stereocenters. The van der Waals surface area contributed by atoms with E-state index in [2.05, 4.69) is 15.9 Å². The Kier molecular flexibility index (Phi) is 4.02. The molecule has 108 valence electrons. The molecule has 0 saturated carbocycles. The van der Waals surface area contributed by atoms with Gasteiger partial charge in [-0.1, -0.05) is 6.07 Å². The number of halogens is 1. The highest BCUT2D eigenvalue weighted by Crippen LogP contribution is 2.35. The van der Waals surface area contributed by atoms with E-state index >= 15 is 0 Å². The number of carbonyl (C=O) groups is 2. The monoisotopic (exact) mass is 359 g/mol. The van der Waals surface area contributed by atoms with Gasteiger partial charge in [0.15, 0.2) is 9.84 Å². The number of hydrogen-bond acceptors (Lipinski definition) is 4. The van der Waals surface area contributed by atoms with Crippen LogP contribution in [0.25, 0.3) is 0 Å². The molecule has 1 aliphatic heterocycles. The van der Waals surface area contributed by atoms with E-state index in [1.807, 2.05) is 0 Å². The van der Waals surface area contributed by atoms with Gasteiger partial charge in [-0.15, -0.1) is 0 Å². The second-order valence-electron chi connectivity index (χ2n) is 4.84. The van der Waals surface area contributed by atoms with Crippen molar-refractivity contribution in [2.24, 2.45) is 0 Å². The number of sulfone groups is 1. The highest BCUT2D eigenvalue weighted by molar-refractivity contribution is 9.10. The largest absolute Gasteiger partial charge is 0.303 e. The zero-order chi connectivity index (χ0) is 15.1. The number of benzene rings is 1. The van der Waals surface area contributed by atoms with Gasteiger partial charge in [-0.05, 0) is 41.9 Å². The molecule has 1 aromatic carbocycles. The Morgan fingerprint density at radius 3 is 2.50 bits per heavy atom. The fraction of sp³-hybridized carbons (Fsp3) is 0.385. The van der Waals surface area contributed by atoms with Gasteiger partial charge >= 0.3 is 0 Å². The topological polar surface area (TPSA) is 71.5 Å². The Morgan fingerprint density at radius 1 is 1.25 bits per heavy atom. The Hall–Kier alpha value is -1.21. The van der Waals surface area contributed by atoms with E-state index in [1.54, 1.807) is 32.0 Å². The smallest absolute Gasteiger partial charge is 0.299 e. The van der Waals surface area contributed by atoms with Crippen LogP contribution in [0.15, 0.2) is 22.7 Å². The predicted molar refractivity (Wildman–Crippen MR) is 79.7 cm³/mol. The molecule has 20 heavy (non-hydrogen) atoms. The number of anilines is 1. The van der Waals surface area contributed by atoms with Gasteiger partial charge in [-0.25, -0.2) is 8.42 Å². The molecule has 1 heterocycles. The normalized spacial score (nSPS) is 15.1. The molecule has 0 N–H and O–H groups in total. The van der Waals surface area contributed by atoms with Crippen LogP contribution in [-0.4, -0.2) is 37.7 Å². The molecular weight excluding hydrogens is 346 g/mol. The number of fused-ring (bicyclic) bond motifs is 1. The standard InChI is InChI=1S/C13H14BrNO4S/c1-8(2)20(18,19)7-6-15-11-9(12(16)13(15)17)4-3-5-10(11)14/h3-5,8H,6-7H2,1-2H3. The lowest BCUT2D eigenvalue weighted by molar-refractivity contribution is -0.114. The van der Waals surface area contributed by atoms with Crippen molar-refractivity contribution in [2.75, 3.05) is 17.2 Å². The quantitative estimate of drug-likeness (QED) is 0.768. The first kappa shape index (κ1) is 15.2. The molecule has 0 fully saturated rings. The zero-order valence-electron chi connectivity index (χ0n) is 11.1. The molecule has 0 radical (unpaired) electrons. The molecule has 0 aliphatic carbocycles. The summed E-state index contributed by atoms with van der Waals surface area (Å²) in [6.07, 6.45) is 0. The number of rotatable bonds is 4. The van der Waals surface area contributed by atoms with Crippen molar-refractivity contribution in [1.29, 1.82) is 0 Å². The molecule has 1 aromatic rings. The van der Waals surface area contributed by atoms with Crippen molar-refractivity contribution >= 4 is 43.1 Å². The number of para-hydroxylation sites is 1. The van der Waals surface area contributed by atoms with Crippen molar-refractivity contribution in [2.45, 2.75) is 19.1 Å². The Bertz CT molecular complexity index is 682. The number of amides is 1. The highest BCUT2D eigenvalue weighted by Gasteiger charge is 2.37. The summed E-state index contributed by atoms with van der Waals surface area (Å²) in [6.45, 7) is 3.17. The molecular formula is C13H14BrNO4S. The maximum Gasteiger partial charge on any atom is 0.299 e. The van der Waals surface area contributed by atoms with E-state index in [1.165, 1.54) is 4.90 Å². The lowest BCUT2D eigenvalue weighted by Crippen LogP contribution is -2.35. The molecule has 5 nitrogen and oxygen atoms in total. The predicted octanol–water partition coefficient (Wildman–Crippen LogP) is 1.80. The minimum atomic E-state index is -3.26. The first-order chi connectivity index (χ1) is 9.25. The van der Waals surface area contributed by atoms with E-state index in [9.17, 15) is 18.0 Å². The summed E-state index contributed by atoms with van der Waals surface area (Å²) in [6, 6.07) is 4.95. The van der Waals surface area contributed by atoms with E-state index in [0.717, 1.165) is 0 Å². The molecule has 0 saturated heterocycles.